The van der Waals surface area contributed by atoms with Crippen LogP contribution < -0.4 is 4.74 Å². The zero-order valence-corrected chi connectivity index (χ0v) is 13.3. The number of halogens is 4. The van der Waals surface area contributed by atoms with Crippen LogP contribution in [0.3, 0.4) is 0 Å². The molecule has 114 valence electrons. The predicted octanol–water partition coefficient (Wildman–Crippen LogP) is 4.74. The monoisotopic (exact) mass is 362 g/mol. The molecule has 1 aromatic heterocycles. The molecule has 0 aliphatic rings. The third-order valence-electron chi connectivity index (χ3n) is 3.19. The fourth-order valence-electron chi connectivity index (χ4n) is 2.02. The maximum atomic E-state index is 13.0. The highest BCUT2D eigenvalue weighted by atomic mass is 79.9. The van der Waals surface area contributed by atoms with E-state index in [-0.39, 0.29) is 16.6 Å². The number of aryl methyl sites for hydroxylation is 2. The molecule has 1 heterocycles. The van der Waals surface area contributed by atoms with Crippen LogP contribution in [-0.4, -0.2) is 9.78 Å². The highest BCUT2D eigenvalue weighted by Crippen LogP contribution is 2.37. The second-order valence-corrected chi connectivity index (χ2v) is 5.24. The van der Waals surface area contributed by atoms with Crippen molar-refractivity contribution in [3.8, 4) is 11.5 Å². The molecule has 21 heavy (non-hydrogen) atoms. The molecule has 3 nitrogen and oxygen atoms in total. The van der Waals surface area contributed by atoms with Crippen LogP contribution >= 0.6 is 15.9 Å². The van der Waals surface area contributed by atoms with Gasteiger partial charge in [-0.2, -0.15) is 18.3 Å². The predicted molar refractivity (Wildman–Crippen MR) is 76.8 cm³/mol. The van der Waals surface area contributed by atoms with Crippen molar-refractivity contribution in [1.29, 1.82) is 0 Å². The van der Waals surface area contributed by atoms with Gasteiger partial charge in [0.05, 0.1) is 11.3 Å². The second kappa shape index (κ2) is 5.71. The lowest BCUT2D eigenvalue weighted by molar-refractivity contribution is -0.138. The highest BCUT2D eigenvalue weighted by Gasteiger charge is 2.33. The normalized spacial score (nSPS) is 11.8. The summed E-state index contributed by atoms with van der Waals surface area (Å²) in [5.41, 5.74) is 0.865. The molecule has 0 amide bonds. The van der Waals surface area contributed by atoms with Crippen LogP contribution in [0.2, 0.25) is 0 Å². The van der Waals surface area contributed by atoms with Crippen molar-refractivity contribution in [1.82, 2.24) is 9.78 Å². The molecule has 0 spiro atoms. The number of hydrogen-bond donors (Lipinski definition) is 0. The molecular weight excluding hydrogens is 349 g/mol. The van der Waals surface area contributed by atoms with E-state index in [0.717, 1.165) is 11.8 Å². The molecule has 0 aliphatic heterocycles. The van der Waals surface area contributed by atoms with E-state index in [1.807, 2.05) is 0 Å². The van der Waals surface area contributed by atoms with E-state index in [1.54, 1.807) is 25.6 Å². The average Bonchev–Trinajstić information content (AvgIpc) is 2.64. The molecule has 2 aromatic rings. The minimum absolute atomic E-state index is 0.132. The molecule has 1 aromatic carbocycles. The Bertz CT molecular complexity index is 665. The van der Waals surface area contributed by atoms with Crippen LogP contribution in [0, 0.1) is 13.8 Å². The summed E-state index contributed by atoms with van der Waals surface area (Å²) >= 11 is 3.06. The van der Waals surface area contributed by atoms with Gasteiger partial charge in [0, 0.05) is 12.4 Å². The van der Waals surface area contributed by atoms with Gasteiger partial charge in [-0.05, 0) is 31.5 Å². The van der Waals surface area contributed by atoms with Crippen molar-refractivity contribution in [2.75, 3.05) is 0 Å². The van der Waals surface area contributed by atoms with Gasteiger partial charge in [-0.1, -0.05) is 22.0 Å². The third-order valence-corrected chi connectivity index (χ3v) is 3.80. The van der Waals surface area contributed by atoms with Crippen molar-refractivity contribution in [2.24, 2.45) is 7.05 Å². The van der Waals surface area contributed by atoms with Crippen LogP contribution in [0.15, 0.2) is 18.2 Å². The average molecular weight is 363 g/mol. The summed E-state index contributed by atoms with van der Waals surface area (Å²) in [5, 5.41) is 4.31. The van der Waals surface area contributed by atoms with Crippen LogP contribution in [0.5, 0.6) is 11.5 Å². The first-order chi connectivity index (χ1) is 9.74. The topological polar surface area (TPSA) is 27.1 Å². The van der Waals surface area contributed by atoms with Gasteiger partial charge in [-0.3, -0.25) is 4.68 Å². The van der Waals surface area contributed by atoms with Crippen molar-refractivity contribution >= 4 is 15.9 Å². The second-order valence-electron chi connectivity index (χ2n) is 4.68. The first kappa shape index (κ1) is 15.9. The molecule has 7 heteroatoms. The Morgan fingerprint density at radius 3 is 2.43 bits per heavy atom. The molecular formula is C14H14BrF3N2O. The number of hydrogen-bond acceptors (Lipinski definition) is 2. The number of alkyl halides is 4. The maximum absolute atomic E-state index is 13.0. The van der Waals surface area contributed by atoms with Gasteiger partial charge in [-0.25, -0.2) is 0 Å². The van der Waals surface area contributed by atoms with Crippen molar-refractivity contribution in [2.45, 2.75) is 25.4 Å². The van der Waals surface area contributed by atoms with E-state index in [1.165, 1.54) is 12.1 Å². The van der Waals surface area contributed by atoms with Gasteiger partial charge < -0.3 is 4.74 Å². The molecule has 0 N–H and O–H groups in total. The van der Waals surface area contributed by atoms with Crippen molar-refractivity contribution in [3.63, 3.8) is 0 Å². The molecule has 0 aliphatic carbocycles. The smallest absolute Gasteiger partial charge is 0.416 e. The molecule has 0 fully saturated rings. The van der Waals surface area contributed by atoms with E-state index in [4.69, 9.17) is 4.74 Å². The summed E-state index contributed by atoms with van der Waals surface area (Å²) in [4.78, 5) is 0. The lowest BCUT2D eigenvalue weighted by Crippen LogP contribution is -2.08. The Balaban J connectivity index is 2.42. The minimum Gasteiger partial charge on any atom is -0.453 e. The Morgan fingerprint density at radius 2 is 1.95 bits per heavy atom. The maximum Gasteiger partial charge on any atom is 0.416 e. The molecule has 2 rings (SSSR count). The Kier molecular flexibility index (Phi) is 4.32. The quantitative estimate of drug-likeness (QED) is 0.737. The number of nitrogens with zero attached hydrogens (tertiary/aromatic N) is 2. The van der Waals surface area contributed by atoms with Crippen molar-refractivity contribution < 1.29 is 17.9 Å². The number of aromatic nitrogens is 2. The lowest BCUT2D eigenvalue weighted by Gasteiger charge is -2.13. The van der Waals surface area contributed by atoms with E-state index in [2.05, 4.69) is 21.0 Å². The summed E-state index contributed by atoms with van der Waals surface area (Å²) in [6, 6.07) is 3.95. The number of ether oxygens (including phenoxy) is 1. The Labute approximate surface area is 128 Å². The Hall–Kier alpha value is -1.50. The van der Waals surface area contributed by atoms with E-state index < -0.39 is 11.7 Å². The SMILES string of the molecule is Cc1nn(C)c(C)c1Oc1ccc(CBr)c(C(F)(F)F)c1. The van der Waals surface area contributed by atoms with Gasteiger partial charge in [-0.15, -0.1) is 0 Å². The molecule has 0 saturated carbocycles. The zero-order valence-electron chi connectivity index (χ0n) is 11.8. The van der Waals surface area contributed by atoms with Crippen LogP contribution in [0.1, 0.15) is 22.5 Å². The molecule has 0 atom stereocenters. The summed E-state index contributed by atoms with van der Waals surface area (Å²) < 4.78 is 46.3. The van der Waals surface area contributed by atoms with Gasteiger partial charge in [0.1, 0.15) is 11.4 Å². The standard InChI is InChI=1S/C14H14BrF3N2O/c1-8-13(9(2)20(3)19-8)21-11-5-4-10(7-15)12(6-11)14(16,17)18/h4-6H,7H2,1-3H3. The molecule has 0 saturated heterocycles. The number of rotatable bonds is 3. The van der Waals surface area contributed by atoms with E-state index in [0.29, 0.717) is 11.4 Å². The first-order valence-electron chi connectivity index (χ1n) is 6.18. The van der Waals surface area contributed by atoms with Crippen LogP contribution in [0.25, 0.3) is 0 Å². The third kappa shape index (κ3) is 3.23. The van der Waals surface area contributed by atoms with Gasteiger partial charge >= 0.3 is 6.18 Å². The summed E-state index contributed by atoms with van der Waals surface area (Å²) in [6.07, 6.45) is -4.42. The van der Waals surface area contributed by atoms with E-state index in [9.17, 15) is 13.2 Å². The van der Waals surface area contributed by atoms with E-state index >= 15 is 0 Å². The lowest BCUT2D eigenvalue weighted by atomic mass is 10.1. The largest absolute Gasteiger partial charge is 0.453 e. The molecule has 0 radical (unpaired) electrons. The summed E-state index contributed by atoms with van der Waals surface area (Å²) in [6.45, 7) is 3.55. The van der Waals surface area contributed by atoms with Gasteiger partial charge in [0.25, 0.3) is 0 Å². The van der Waals surface area contributed by atoms with Gasteiger partial charge in [0.2, 0.25) is 0 Å². The molecule has 0 bridgehead atoms. The van der Waals surface area contributed by atoms with Gasteiger partial charge in [0.15, 0.2) is 5.75 Å². The van der Waals surface area contributed by atoms with Crippen LogP contribution in [-0.2, 0) is 18.6 Å². The fraction of sp³-hybridized carbons (Fsp3) is 0.357. The summed E-state index contributed by atoms with van der Waals surface area (Å²) in [5.74, 6) is 0.628. The zero-order chi connectivity index (χ0) is 15.8. The first-order valence-corrected chi connectivity index (χ1v) is 7.30. The number of benzene rings is 1. The van der Waals surface area contributed by atoms with Crippen molar-refractivity contribution in [3.05, 3.63) is 40.7 Å². The minimum atomic E-state index is -4.42. The molecule has 0 unspecified atom stereocenters. The Morgan fingerprint density at radius 1 is 1.29 bits per heavy atom. The fourth-order valence-corrected chi connectivity index (χ4v) is 2.51. The highest BCUT2D eigenvalue weighted by molar-refractivity contribution is 9.08. The van der Waals surface area contributed by atoms with Crippen LogP contribution in [0.4, 0.5) is 13.2 Å². The summed E-state index contributed by atoms with van der Waals surface area (Å²) in [7, 11) is 1.75.